The Balaban J connectivity index is 2.14. The zero-order valence-electron chi connectivity index (χ0n) is 10.3. The highest BCUT2D eigenvalue weighted by atomic mass is 16.2. The molecule has 1 aliphatic carbocycles. The van der Waals surface area contributed by atoms with Crippen LogP contribution in [0.4, 0.5) is 5.69 Å². The summed E-state index contributed by atoms with van der Waals surface area (Å²) in [5.41, 5.74) is 11.9. The van der Waals surface area contributed by atoms with Crippen LogP contribution in [0.25, 0.3) is 0 Å². The summed E-state index contributed by atoms with van der Waals surface area (Å²) in [6.07, 6.45) is 1.57. The van der Waals surface area contributed by atoms with Crippen molar-refractivity contribution < 1.29 is 9.59 Å². The van der Waals surface area contributed by atoms with E-state index in [9.17, 15) is 9.59 Å². The summed E-state index contributed by atoms with van der Waals surface area (Å²) in [6.45, 7) is 1.58. The number of hydrogen-bond donors (Lipinski definition) is 3. The average Bonchev–Trinajstić information content (AvgIpc) is 3.11. The molecular formula is C13H17N3O2. The molecule has 5 heteroatoms. The fourth-order valence-electron chi connectivity index (χ4n) is 1.98. The smallest absolute Gasteiger partial charge is 0.239 e. The largest absolute Gasteiger partial charge is 0.399 e. The van der Waals surface area contributed by atoms with Crippen LogP contribution in [-0.4, -0.2) is 17.9 Å². The van der Waals surface area contributed by atoms with Crippen molar-refractivity contribution in [1.82, 2.24) is 5.32 Å². The molecule has 2 rings (SSSR count). The van der Waals surface area contributed by atoms with E-state index in [1.807, 2.05) is 12.1 Å². The van der Waals surface area contributed by atoms with Gasteiger partial charge in [-0.2, -0.15) is 0 Å². The average molecular weight is 247 g/mol. The van der Waals surface area contributed by atoms with Crippen molar-refractivity contribution in [3.8, 4) is 0 Å². The third-order valence-corrected chi connectivity index (χ3v) is 3.42. The third-order valence-electron chi connectivity index (χ3n) is 3.42. The maximum Gasteiger partial charge on any atom is 0.239 e. The Labute approximate surface area is 106 Å². The number of rotatable bonds is 4. The van der Waals surface area contributed by atoms with Crippen LogP contribution in [-0.2, 0) is 15.0 Å². The molecule has 0 aliphatic heterocycles. The molecule has 1 aromatic carbocycles. The van der Waals surface area contributed by atoms with Crippen molar-refractivity contribution in [2.45, 2.75) is 31.2 Å². The summed E-state index contributed by atoms with van der Waals surface area (Å²) in [4.78, 5) is 23.1. The molecule has 1 saturated carbocycles. The zero-order valence-corrected chi connectivity index (χ0v) is 10.3. The number of carbonyl (C=O) groups excluding carboxylic acids is 2. The van der Waals surface area contributed by atoms with Crippen LogP contribution < -0.4 is 16.8 Å². The van der Waals surface area contributed by atoms with Crippen LogP contribution >= 0.6 is 0 Å². The minimum Gasteiger partial charge on any atom is -0.399 e. The van der Waals surface area contributed by atoms with Crippen LogP contribution in [0.3, 0.4) is 0 Å². The van der Waals surface area contributed by atoms with Crippen LogP contribution in [0, 0.1) is 0 Å². The summed E-state index contributed by atoms with van der Waals surface area (Å²) in [5, 5.41) is 2.65. The molecule has 1 fully saturated rings. The molecule has 96 valence electrons. The van der Waals surface area contributed by atoms with Crippen molar-refractivity contribution >= 4 is 17.5 Å². The molecule has 0 spiro atoms. The van der Waals surface area contributed by atoms with Crippen molar-refractivity contribution in [1.29, 1.82) is 0 Å². The first-order chi connectivity index (χ1) is 8.45. The number of nitrogen functional groups attached to an aromatic ring is 1. The summed E-state index contributed by atoms with van der Waals surface area (Å²) < 4.78 is 0. The lowest BCUT2D eigenvalue weighted by atomic mass is 9.94. The molecule has 1 aromatic rings. The van der Waals surface area contributed by atoms with Gasteiger partial charge in [-0.1, -0.05) is 12.1 Å². The number of hydrogen-bond acceptors (Lipinski definition) is 3. The van der Waals surface area contributed by atoms with Gasteiger partial charge in [-0.05, 0) is 37.5 Å². The lowest BCUT2D eigenvalue weighted by molar-refractivity contribution is -0.128. The molecule has 5 nitrogen and oxygen atoms in total. The molecule has 0 saturated heterocycles. The minimum absolute atomic E-state index is 0.140. The molecule has 0 aromatic heterocycles. The van der Waals surface area contributed by atoms with Gasteiger partial charge < -0.3 is 16.8 Å². The van der Waals surface area contributed by atoms with Gasteiger partial charge in [0.2, 0.25) is 11.8 Å². The van der Waals surface area contributed by atoms with Gasteiger partial charge in [0.1, 0.15) is 6.04 Å². The van der Waals surface area contributed by atoms with Gasteiger partial charge in [-0.3, -0.25) is 9.59 Å². The topological polar surface area (TPSA) is 98.2 Å². The van der Waals surface area contributed by atoms with Gasteiger partial charge in [-0.15, -0.1) is 0 Å². The third kappa shape index (κ3) is 2.16. The highest BCUT2D eigenvalue weighted by Crippen LogP contribution is 2.48. The van der Waals surface area contributed by atoms with E-state index in [2.05, 4.69) is 5.32 Å². The van der Waals surface area contributed by atoms with Crippen molar-refractivity contribution in [3.63, 3.8) is 0 Å². The molecule has 0 radical (unpaired) electrons. The normalized spacial score (nSPS) is 17.8. The number of benzene rings is 1. The first-order valence-corrected chi connectivity index (χ1v) is 5.92. The maximum atomic E-state index is 12.2. The molecule has 1 atom stereocenters. The molecule has 1 aliphatic rings. The second kappa shape index (κ2) is 4.33. The van der Waals surface area contributed by atoms with E-state index < -0.39 is 17.4 Å². The highest BCUT2D eigenvalue weighted by molar-refractivity contribution is 5.94. The fraction of sp³-hybridized carbons (Fsp3) is 0.385. The molecule has 2 amide bonds. The number of nitrogens with one attached hydrogen (secondary N) is 1. The first kappa shape index (κ1) is 12.4. The first-order valence-electron chi connectivity index (χ1n) is 5.92. The maximum absolute atomic E-state index is 12.2. The molecule has 5 N–H and O–H groups in total. The van der Waals surface area contributed by atoms with Crippen LogP contribution in [0.15, 0.2) is 24.3 Å². The van der Waals surface area contributed by atoms with E-state index in [0.29, 0.717) is 5.69 Å². The van der Waals surface area contributed by atoms with Crippen LogP contribution in [0.2, 0.25) is 0 Å². The second-order valence-electron chi connectivity index (χ2n) is 4.80. The Bertz CT molecular complexity index is 478. The van der Waals surface area contributed by atoms with Crippen molar-refractivity contribution in [2.24, 2.45) is 5.73 Å². The van der Waals surface area contributed by atoms with Gasteiger partial charge in [0, 0.05) is 5.69 Å². The standard InChI is InChI=1S/C13H17N3O2/c1-8(11(15)17)16-12(18)13(6-7-13)9-2-4-10(14)5-3-9/h2-5,8H,6-7,14H2,1H3,(H2,15,17)(H,16,18). The van der Waals surface area contributed by atoms with Gasteiger partial charge in [0.05, 0.1) is 5.41 Å². The summed E-state index contributed by atoms with van der Waals surface area (Å²) in [6, 6.07) is 6.62. The lowest BCUT2D eigenvalue weighted by Crippen LogP contribution is -2.46. The Kier molecular flexibility index (Phi) is 2.98. The predicted octanol–water partition coefficient (Wildman–Crippen LogP) is 0.290. The molecule has 18 heavy (non-hydrogen) atoms. The highest BCUT2D eigenvalue weighted by Gasteiger charge is 2.51. The van der Waals surface area contributed by atoms with E-state index in [-0.39, 0.29) is 5.91 Å². The predicted molar refractivity (Wildman–Crippen MR) is 68.6 cm³/mol. The number of carbonyl (C=O) groups is 2. The Morgan fingerprint density at radius 2 is 1.83 bits per heavy atom. The lowest BCUT2D eigenvalue weighted by Gasteiger charge is -2.18. The number of anilines is 1. The number of primary amides is 1. The Morgan fingerprint density at radius 3 is 2.28 bits per heavy atom. The van der Waals surface area contributed by atoms with E-state index in [1.165, 1.54) is 0 Å². The number of nitrogens with two attached hydrogens (primary N) is 2. The molecule has 1 unspecified atom stereocenters. The van der Waals surface area contributed by atoms with Gasteiger partial charge in [0.25, 0.3) is 0 Å². The zero-order chi connectivity index (χ0) is 13.3. The van der Waals surface area contributed by atoms with Crippen molar-refractivity contribution in [3.05, 3.63) is 29.8 Å². The number of amides is 2. The monoisotopic (exact) mass is 247 g/mol. The summed E-state index contributed by atoms with van der Waals surface area (Å²) in [5.74, 6) is -0.671. The quantitative estimate of drug-likeness (QED) is 0.667. The molecule has 0 bridgehead atoms. The minimum atomic E-state index is -0.649. The van der Waals surface area contributed by atoms with Crippen molar-refractivity contribution in [2.75, 3.05) is 5.73 Å². The summed E-state index contributed by atoms with van der Waals surface area (Å²) >= 11 is 0. The van der Waals surface area contributed by atoms with Crippen LogP contribution in [0.5, 0.6) is 0 Å². The van der Waals surface area contributed by atoms with E-state index in [1.54, 1.807) is 19.1 Å². The molecular weight excluding hydrogens is 230 g/mol. The Morgan fingerprint density at radius 1 is 1.28 bits per heavy atom. The van der Waals surface area contributed by atoms with Gasteiger partial charge >= 0.3 is 0 Å². The van der Waals surface area contributed by atoms with E-state index >= 15 is 0 Å². The van der Waals surface area contributed by atoms with E-state index in [4.69, 9.17) is 11.5 Å². The second-order valence-corrected chi connectivity index (χ2v) is 4.80. The fourth-order valence-corrected chi connectivity index (χ4v) is 1.98. The van der Waals surface area contributed by atoms with Gasteiger partial charge in [-0.25, -0.2) is 0 Å². The van der Waals surface area contributed by atoms with E-state index in [0.717, 1.165) is 18.4 Å². The van der Waals surface area contributed by atoms with Crippen LogP contribution in [0.1, 0.15) is 25.3 Å². The molecule has 0 heterocycles. The Hall–Kier alpha value is -2.04. The summed E-state index contributed by atoms with van der Waals surface area (Å²) in [7, 11) is 0. The SMILES string of the molecule is CC(NC(=O)C1(c2ccc(N)cc2)CC1)C(N)=O. The van der Waals surface area contributed by atoms with Gasteiger partial charge in [0.15, 0.2) is 0 Å².